The van der Waals surface area contributed by atoms with Crippen LogP contribution < -0.4 is 5.32 Å². The van der Waals surface area contributed by atoms with Crippen molar-refractivity contribution in [2.75, 3.05) is 6.54 Å². The van der Waals surface area contributed by atoms with Crippen LogP contribution in [0.2, 0.25) is 0 Å². The van der Waals surface area contributed by atoms with Gasteiger partial charge >= 0.3 is 5.97 Å². The summed E-state index contributed by atoms with van der Waals surface area (Å²) in [7, 11) is 0. The van der Waals surface area contributed by atoms with Crippen molar-refractivity contribution in [1.82, 2.24) is 20.2 Å². The summed E-state index contributed by atoms with van der Waals surface area (Å²) in [6.45, 7) is 0.894. The Morgan fingerprint density at radius 2 is 1.92 bits per heavy atom. The third kappa shape index (κ3) is 4.43. The molecule has 2 atom stereocenters. The first-order valence-corrected chi connectivity index (χ1v) is 8.70. The fourth-order valence-corrected chi connectivity index (χ4v) is 3.32. The Balaban J connectivity index is 1.62. The summed E-state index contributed by atoms with van der Waals surface area (Å²) < 4.78 is 0. The molecule has 1 amide bonds. The predicted molar refractivity (Wildman–Crippen MR) is 95.2 cm³/mol. The molecule has 1 aliphatic heterocycles. The molecule has 7 heteroatoms. The van der Waals surface area contributed by atoms with Gasteiger partial charge in [-0.3, -0.25) is 24.5 Å². The largest absolute Gasteiger partial charge is 0.480 e. The lowest BCUT2D eigenvalue weighted by Crippen LogP contribution is -2.48. The molecule has 2 N–H and O–H groups in total. The van der Waals surface area contributed by atoms with Crippen molar-refractivity contribution in [1.29, 1.82) is 0 Å². The minimum atomic E-state index is -0.879. The number of nitrogens with zero attached hydrogens (tertiary/aromatic N) is 3. The number of nitrogens with one attached hydrogen (secondary N) is 1. The van der Waals surface area contributed by atoms with Crippen molar-refractivity contribution in [3.8, 4) is 0 Å². The Bertz CT molecular complexity index is 739. The van der Waals surface area contributed by atoms with Gasteiger partial charge < -0.3 is 10.4 Å². The van der Waals surface area contributed by atoms with Gasteiger partial charge in [-0.2, -0.15) is 0 Å². The molecule has 1 saturated heterocycles. The molecule has 3 rings (SSSR count). The van der Waals surface area contributed by atoms with Crippen LogP contribution in [0.25, 0.3) is 0 Å². The average molecular weight is 354 g/mol. The SMILES string of the molecule is O=C(O)C1CCC(C(=O)NCCc2cnccn2)N1Cc1ccccc1. The van der Waals surface area contributed by atoms with Crippen molar-refractivity contribution >= 4 is 11.9 Å². The fourth-order valence-electron chi connectivity index (χ4n) is 3.32. The maximum absolute atomic E-state index is 12.6. The molecule has 0 saturated carbocycles. The molecule has 1 aromatic carbocycles. The minimum absolute atomic E-state index is 0.131. The van der Waals surface area contributed by atoms with Crippen molar-refractivity contribution < 1.29 is 14.7 Å². The van der Waals surface area contributed by atoms with E-state index < -0.39 is 18.1 Å². The smallest absolute Gasteiger partial charge is 0.320 e. The van der Waals surface area contributed by atoms with E-state index in [1.165, 1.54) is 0 Å². The van der Waals surface area contributed by atoms with Crippen LogP contribution in [-0.4, -0.2) is 50.5 Å². The van der Waals surface area contributed by atoms with Crippen molar-refractivity contribution in [3.63, 3.8) is 0 Å². The van der Waals surface area contributed by atoms with Gasteiger partial charge in [0.15, 0.2) is 0 Å². The molecule has 0 radical (unpaired) electrons. The highest BCUT2D eigenvalue weighted by molar-refractivity contribution is 5.84. The Labute approximate surface area is 152 Å². The molecule has 0 bridgehead atoms. The summed E-state index contributed by atoms with van der Waals surface area (Å²) in [5.41, 5.74) is 1.81. The normalized spacial score (nSPS) is 20.0. The number of aromatic nitrogens is 2. The molecule has 136 valence electrons. The van der Waals surface area contributed by atoms with Gasteiger partial charge in [0.1, 0.15) is 6.04 Å². The lowest BCUT2D eigenvalue weighted by molar-refractivity contribution is -0.143. The van der Waals surface area contributed by atoms with Gasteiger partial charge in [-0.25, -0.2) is 0 Å². The molecule has 2 unspecified atom stereocenters. The van der Waals surface area contributed by atoms with E-state index >= 15 is 0 Å². The quantitative estimate of drug-likeness (QED) is 0.777. The molecule has 1 aliphatic rings. The Morgan fingerprint density at radius 1 is 1.15 bits per heavy atom. The molecule has 2 aromatic rings. The second-order valence-corrected chi connectivity index (χ2v) is 6.34. The highest BCUT2D eigenvalue weighted by atomic mass is 16.4. The van der Waals surface area contributed by atoms with E-state index in [4.69, 9.17) is 0 Å². The van der Waals surface area contributed by atoms with Crippen LogP contribution in [0.5, 0.6) is 0 Å². The van der Waals surface area contributed by atoms with Gasteiger partial charge in [0.2, 0.25) is 5.91 Å². The van der Waals surface area contributed by atoms with Crippen LogP contribution in [0, 0.1) is 0 Å². The number of benzene rings is 1. The zero-order chi connectivity index (χ0) is 18.4. The van der Waals surface area contributed by atoms with Crippen LogP contribution in [0.4, 0.5) is 0 Å². The highest BCUT2D eigenvalue weighted by Gasteiger charge is 2.41. The van der Waals surface area contributed by atoms with Crippen molar-refractivity contribution in [2.24, 2.45) is 0 Å². The topological polar surface area (TPSA) is 95.4 Å². The summed E-state index contributed by atoms with van der Waals surface area (Å²) in [5.74, 6) is -1.01. The minimum Gasteiger partial charge on any atom is -0.480 e. The van der Waals surface area contributed by atoms with Crippen LogP contribution >= 0.6 is 0 Å². The number of carboxylic acids is 1. The number of carboxylic acid groups (broad SMARTS) is 1. The average Bonchev–Trinajstić information content (AvgIpc) is 3.07. The molecular weight excluding hydrogens is 332 g/mol. The zero-order valence-electron chi connectivity index (χ0n) is 14.4. The molecule has 26 heavy (non-hydrogen) atoms. The van der Waals surface area contributed by atoms with Crippen LogP contribution in [0.1, 0.15) is 24.1 Å². The summed E-state index contributed by atoms with van der Waals surface area (Å²) in [4.78, 5) is 34.2. The first kappa shape index (κ1) is 18.0. The number of amides is 1. The van der Waals surface area contributed by atoms with Crippen LogP contribution in [0.15, 0.2) is 48.9 Å². The van der Waals surface area contributed by atoms with E-state index in [1.54, 1.807) is 23.5 Å². The van der Waals surface area contributed by atoms with Gasteiger partial charge in [-0.15, -0.1) is 0 Å². The Morgan fingerprint density at radius 3 is 2.62 bits per heavy atom. The van der Waals surface area contributed by atoms with E-state index in [0.717, 1.165) is 11.3 Å². The maximum atomic E-state index is 12.6. The number of aliphatic carboxylic acids is 1. The van der Waals surface area contributed by atoms with E-state index in [-0.39, 0.29) is 5.91 Å². The van der Waals surface area contributed by atoms with Gasteiger partial charge in [-0.1, -0.05) is 30.3 Å². The predicted octanol–water partition coefficient (Wildman–Crippen LogP) is 1.25. The lowest BCUT2D eigenvalue weighted by Gasteiger charge is -2.27. The Kier molecular flexibility index (Phi) is 5.91. The van der Waals surface area contributed by atoms with Crippen molar-refractivity contribution in [2.45, 2.75) is 37.9 Å². The molecule has 7 nitrogen and oxygen atoms in total. The number of carbonyl (C=O) groups is 2. The lowest BCUT2D eigenvalue weighted by atomic mass is 10.1. The third-order valence-electron chi connectivity index (χ3n) is 4.61. The monoisotopic (exact) mass is 354 g/mol. The molecular formula is C19H22N4O3. The molecule has 2 heterocycles. The van der Waals surface area contributed by atoms with E-state index in [2.05, 4.69) is 15.3 Å². The summed E-state index contributed by atoms with van der Waals surface area (Å²) in [5, 5.41) is 12.4. The van der Waals surface area contributed by atoms with Crippen LogP contribution in [-0.2, 0) is 22.6 Å². The van der Waals surface area contributed by atoms with Gasteiger partial charge in [0, 0.05) is 38.1 Å². The van der Waals surface area contributed by atoms with Gasteiger partial charge in [-0.05, 0) is 18.4 Å². The van der Waals surface area contributed by atoms with E-state index in [1.807, 2.05) is 30.3 Å². The van der Waals surface area contributed by atoms with E-state index in [9.17, 15) is 14.7 Å². The van der Waals surface area contributed by atoms with Gasteiger partial charge in [0.25, 0.3) is 0 Å². The molecule has 0 aliphatic carbocycles. The summed E-state index contributed by atoms with van der Waals surface area (Å²) in [6, 6.07) is 8.57. The number of carbonyl (C=O) groups excluding carboxylic acids is 1. The third-order valence-corrected chi connectivity index (χ3v) is 4.61. The summed E-state index contributed by atoms with van der Waals surface area (Å²) >= 11 is 0. The first-order chi connectivity index (χ1) is 12.6. The van der Waals surface area contributed by atoms with Crippen molar-refractivity contribution in [3.05, 3.63) is 60.2 Å². The number of hydrogen-bond acceptors (Lipinski definition) is 5. The number of rotatable bonds is 7. The molecule has 0 spiro atoms. The van der Waals surface area contributed by atoms with Crippen LogP contribution in [0.3, 0.4) is 0 Å². The van der Waals surface area contributed by atoms with Gasteiger partial charge in [0.05, 0.1) is 11.7 Å². The maximum Gasteiger partial charge on any atom is 0.320 e. The second kappa shape index (κ2) is 8.53. The molecule has 1 fully saturated rings. The zero-order valence-corrected chi connectivity index (χ0v) is 14.4. The summed E-state index contributed by atoms with van der Waals surface area (Å²) in [6.07, 6.45) is 6.50. The standard InChI is InChI=1S/C19H22N4O3/c24-18(22-9-8-15-12-20-10-11-21-15)16-6-7-17(19(25)26)23(16)13-14-4-2-1-3-5-14/h1-5,10-12,16-17H,6-9,13H2,(H,22,24)(H,25,26). The molecule has 1 aromatic heterocycles. The second-order valence-electron chi connectivity index (χ2n) is 6.34. The Hall–Kier alpha value is -2.80. The number of hydrogen-bond donors (Lipinski definition) is 2. The van der Waals surface area contributed by atoms with E-state index in [0.29, 0.717) is 32.4 Å². The first-order valence-electron chi connectivity index (χ1n) is 8.70. The highest BCUT2D eigenvalue weighted by Crippen LogP contribution is 2.26. The number of likely N-dealkylation sites (tertiary alicyclic amines) is 1. The fraction of sp³-hybridized carbons (Fsp3) is 0.368.